The summed E-state index contributed by atoms with van der Waals surface area (Å²) in [5.74, 6) is 1.48. The van der Waals surface area contributed by atoms with Crippen LogP contribution < -0.4 is 14.8 Å². The fourth-order valence-electron chi connectivity index (χ4n) is 5.08. The molecule has 2 aromatic heterocycles. The van der Waals surface area contributed by atoms with Gasteiger partial charge in [0.1, 0.15) is 13.2 Å². The minimum atomic E-state index is -0.135. The van der Waals surface area contributed by atoms with Crippen LogP contribution in [0.2, 0.25) is 0 Å². The van der Waals surface area contributed by atoms with Crippen LogP contribution in [-0.4, -0.2) is 33.9 Å². The number of amides is 1. The first kappa shape index (κ1) is 24.8. The standard InChI is InChI=1S/C30H34N4O3/c1-17-7-9-24(15-18(17)2)34-30-29(22(6)33-34)19(3)25(21(5)32-30)10-12-28(35)31-20(4)23-8-11-26-27(16-23)37-14-13-36-26/h7-9,11,15-16,20H,10,12-14H2,1-6H3,(H,31,35)/t20-/m0/s1. The van der Waals surface area contributed by atoms with E-state index in [-0.39, 0.29) is 11.9 Å². The molecule has 0 saturated carbocycles. The molecule has 1 N–H and O–H groups in total. The van der Waals surface area contributed by atoms with Gasteiger partial charge in [-0.25, -0.2) is 9.67 Å². The summed E-state index contributed by atoms with van der Waals surface area (Å²) in [6, 6.07) is 12.0. The third-order valence-electron chi connectivity index (χ3n) is 7.35. The zero-order chi connectivity index (χ0) is 26.3. The maximum Gasteiger partial charge on any atom is 0.220 e. The van der Waals surface area contributed by atoms with Gasteiger partial charge in [-0.15, -0.1) is 0 Å². The summed E-state index contributed by atoms with van der Waals surface area (Å²) in [4.78, 5) is 17.8. The fourth-order valence-corrected chi connectivity index (χ4v) is 5.08. The van der Waals surface area contributed by atoms with Crippen molar-refractivity contribution in [3.63, 3.8) is 0 Å². The topological polar surface area (TPSA) is 78.3 Å². The van der Waals surface area contributed by atoms with Crippen LogP contribution in [-0.2, 0) is 11.2 Å². The van der Waals surface area contributed by atoms with Gasteiger partial charge in [-0.1, -0.05) is 12.1 Å². The highest BCUT2D eigenvalue weighted by Crippen LogP contribution is 2.33. The van der Waals surface area contributed by atoms with Gasteiger partial charge < -0.3 is 14.8 Å². The molecule has 1 atom stereocenters. The molecule has 4 aromatic rings. The molecule has 37 heavy (non-hydrogen) atoms. The van der Waals surface area contributed by atoms with E-state index < -0.39 is 0 Å². The van der Waals surface area contributed by atoms with E-state index >= 15 is 0 Å². The lowest BCUT2D eigenvalue weighted by Gasteiger charge is -2.21. The lowest BCUT2D eigenvalue weighted by atomic mass is 9.99. The van der Waals surface area contributed by atoms with Crippen LogP contribution in [0.15, 0.2) is 36.4 Å². The van der Waals surface area contributed by atoms with Crippen LogP contribution in [0.5, 0.6) is 11.5 Å². The molecule has 0 aliphatic carbocycles. The normalized spacial score (nSPS) is 13.6. The van der Waals surface area contributed by atoms with Crippen LogP contribution in [0.4, 0.5) is 0 Å². The summed E-state index contributed by atoms with van der Waals surface area (Å²) in [7, 11) is 0. The number of aryl methyl sites for hydroxylation is 5. The second-order valence-corrected chi connectivity index (χ2v) is 9.96. The van der Waals surface area contributed by atoms with Crippen molar-refractivity contribution >= 4 is 16.9 Å². The Morgan fingerprint density at radius 2 is 1.73 bits per heavy atom. The Morgan fingerprint density at radius 3 is 2.49 bits per heavy atom. The van der Waals surface area contributed by atoms with E-state index in [0.717, 1.165) is 56.3 Å². The third kappa shape index (κ3) is 4.78. The van der Waals surface area contributed by atoms with E-state index in [1.165, 1.54) is 11.1 Å². The maximum atomic E-state index is 12.9. The molecule has 1 aliphatic heterocycles. The highest BCUT2D eigenvalue weighted by molar-refractivity contribution is 5.85. The number of rotatable bonds is 6. The number of carbonyl (C=O) groups excluding carboxylic acids is 1. The number of fused-ring (bicyclic) bond motifs is 2. The average molecular weight is 499 g/mol. The first-order valence-corrected chi connectivity index (χ1v) is 12.8. The molecule has 1 amide bonds. The molecule has 5 rings (SSSR count). The first-order chi connectivity index (χ1) is 17.7. The van der Waals surface area contributed by atoms with Crippen molar-refractivity contribution in [3.8, 4) is 17.2 Å². The summed E-state index contributed by atoms with van der Waals surface area (Å²) >= 11 is 0. The van der Waals surface area contributed by atoms with Gasteiger partial charge in [-0.05, 0) is 100 Å². The van der Waals surface area contributed by atoms with Crippen molar-refractivity contribution in [2.45, 2.75) is 60.4 Å². The average Bonchev–Trinajstić information content (AvgIpc) is 3.21. The van der Waals surface area contributed by atoms with Gasteiger partial charge >= 0.3 is 0 Å². The molecule has 0 spiro atoms. The lowest BCUT2D eigenvalue weighted by Crippen LogP contribution is -2.27. The fraction of sp³-hybridized carbons (Fsp3) is 0.367. The Bertz CT molecular complexity index is 1500. The lowest BCUT2D eigenvalue weighted by molar-refractivity contribution is -0.121. The highest BCUT2D eigenvalue weighted by Gasteiger charge is 2.20. The van der Waals surface area contributed by atoms with Gasteiger partial charge in [0, 0.05) is 17.5 Å². The van der Waals surface area contributed by atoms with Gasteiger partial charge in [-0.2, -0.15) is 5.10 Å². The van der Waals surface area contributed by atoms with Crippen molar-refractivity contribution in [3.05, 3.63) is 75.6 Å². The van der Waals surface area contributed by atoms with Gasteiger partial charge in [0.2, 0.25) is 5.91 Å². The van der Waals surface area contributed by atoms with Crippen molar-refractivity contribution in [2.24, 2.45) is 0 Å². The van der Waals surface area contributed by atoms with Crippen LogP contribution in [0, 0.1) is 34.6 Å². The predicted octanol–water partition coefficient (Wildman–Crippen LogP) is 5.54. The van der Waals surface area contributed by atoms with Crippen LogP contribution in [0.1, 0.15) is 58.6 Å². The van der Waals surface area contributed by atoms with Crippen LogP contribution in [0.25, 0.3) is 16.7 Å². The van der Waals surface area contributed by atoms with Gasteiger partial charge in [0.25, 0.3) is 0 Å². The zero-order valence-corrected chi connectivity index (χ0v) is 22.4. The minimum Gasteiger partial charge on any atom is -0.486 e. The number of benzene rings is 2. The smallest absolute Gasteiger partial charge is 0.220 e. The quantitative estimate of drug-likeness (QED) is 0.377. The Hall–Kier alpha value is -3.87. The molecule has 1 aliphatic rings. The summed E-state index contributed by atoms with van der Waals surface area (Å²) in [6.45, 7) is 13.5. The summed E-state index contributed by atoms with van der Waals surface area (Å²) < 4.78 is 13.2. The molecule has 7 nitrogen and oxygen atoms in total. The van der Waals surface area contributed by atoms with E-state index in [0.29, 0.717) is 26.1 Å². The highest BCUT2D eigenvalue weighted by atomic mass is 16.6. The van der Waals surface area contributed by atoms with E-state index in [4.69, 9.17) is 19.6 Å². The summed E-state index contributed by atoms with van der Waals surface area (Å²) in [5.41, 5.74) is 9.45. The van der Waals surface area contributed by atoms with Crippen molar-refractivity contribution in [1.29, 1.82) is 0 Å². The molecule has 0 fully saturated rings. The van der Waals surface area contributed by atoms with Crippen molar-refractivity contribution in [2.75, 3.05) is 13.2 Å². The monoisotopic (exact) mass is 498 g/mol. The van der Waals surface area contributed by atoms with E-state index in [1.54, 1.807) is 0 Å². The van der Waals surface area contributed by atoms with Crippen LogP contribution in [0.3, 0.4) is 0 Å². The molecule has 2 aromatic carbocycles. The largest absolute Gasteiger partial charge is 0.486 e. The molecule has 0 bridgehead atoms. The maximum absolute atomic E-state index is 12.9. The van der Waals surface area contributed by atoms with E-state index in [1.807, 2.05) is 43.7 Å². The van der Waals surface area contributed by atoms with Crippen molar-refractivity contribution in [1.82, 2.24) is 20.1 Å². The van der Waals surface area contributed by atoms with E-state index in [2.05, 4.69) is 44.3 Å². The Kier molecular flexibility index (Phi) is 6.63. The Labute approximate surface area is 217 Å². The van der Waals surface area contributed by atoms with Gasteiger partial charge in [-0.3, -0.25) is 4.79 Å². The summed E-state index contributed by atoms with van der Waals surface area (Å²) in [5, 5.41) is 9.01. The molecule has 192 valence electrons. The minimum absolute atomic E-state index is 0.00355. The predicted molar refractivity (Wildman–Crippen MR) is 145 cm³/mol. The molecule has 0 saturated heterocycles. The molecule has 0 radical (unpaired) electrons. The second-order valence-electron chi connectivity index (χ2n) is 9.96. The van der Waals surface area contributed by atoms with Gasteiger partial charge in [0.15, 0.2) is 17.1 Å². The number of hydrogen-bond donors (Lipinski definition) is 1. The summed E-state index contributed by atoms with van der Waals surface area (Å²) in [6.07, 6.45) is 1.00. The van der Waals surface area contributed by atoms with Crippen molar-refractivity contribution < 1.29 is 14.3 Å². The first-order valence-electron chi connectivity index (χ1n) is 12.8. The third-order valence-corrected chi connectivity index (χ3v) is 7.35. The van der Waals surface area contributed by atoms with Gasteiger partial charge in [0.05, 0.1) is 17.4 Å². The molecule has 3 heterocycles. The molecule has 0 unspecified atom stereocenters. The number of carbonyl (C=O) groups is 1. The number of pyridine rings is 1. The number of nitrogens with one attached hydrogen (secondary N) is 1. The molecular formula is C30H34N4O3. The second kappa shape index (κ2) is 9.88. The SMILES string of the molecule is Cc1ccc(-n2nc(C)c3c(C)c(CCC(=O)N[C@@H](C)c4ccc5c(c4)OCCO5)c(C)nc32)cc1C. The number of hydrogen-bond acceptors (Lipinski definition) is 5. The van der Waals surface area contributed by atoms with E-state index in [9.17, 15) is 4.79 Å². The molecular weight excluding hydrogens is 464 g/mol. The number of nitrogens with zero attached hydrogens (tertiary/aromatic N) is 3. The Morgan fingerprint density at radius 1 is 0.973 bits per heavy atom. The van der Waals surface area contributed by atoms with Crippen LogP contribution >= 0.6 is 0 Å². The zero-order valence-electron chi connectivity index (χ0n) is 22.4. The number of aromatic nitrogens is 3. The number of ether oxygens (including phenoxy) is 2. The Balaban J connectivity index is 1.33. The molecule has 7 heteroatoms.